The van der Waals surface area contributed by atoms with E-state index in [1.165, 1.54) is 34.5 Å². The molecule has 2 aromatic heterocycles. The second-order valence-corrected chi connectivity index (χ2v) is 10.2. The number of rotatable bonds is 7. The van der Waals surface area contributed by atoms with Crippen molar-refractivity contribution in [2.45, 2.75) is 20.4 Å². The maximum Gasteiger partial charge on any atom is 0.352 e. The van der Waals surface area contributed by atoms with Crippen LogP contribution in [0.1, 0.15) is 5.69 Å². The molecule has 0 saturated carbocycles. The highest BCUT2D eigenvalue weighted by Crippen LogP contribution is 2.37. The predicted octanol–water partition coefficient (Wildman–Crippen LogP) is 5.03. The largest absolute Gasteiger partial charge is 0.497 e. The second kappa shape index (κ2) is 8.81. The van der Waals surface area contributed by atoms with Gasteiger partial charge in [-0.15, -0.1) is 0 Å². The van der Waals surface area contributed by atoms with Gasteiger partial charge in [-0.1, -0.05) is 47.6 Å². The van der Waals surface area contributed by atoms with Crippen molar-refractivity contribution in [1.82, 2.24) is 9.38 Å². The molecule has 0 N–H and O–H groups in total. The lowest BCUT2D eigenvalue weighted by Crippen LogP contribution is -2.07. The molecule has 0 atom stereocenters. The maximum atomic E-state index is 12.8. The highest BCUT2D eigenvalue weighted by atomic mass is 35.5. The Balaban J connectivity index is 1.83. The van der Waals surface area contributed by atoms with Crippen molar-refractivity contribution in [2.24, 2.45) is 0 Å². The van der Waals surface area contributed by atoms with Crippen molar-refractivity contribution in [3.8, 4) is 5.75 Å². The van der Waals surface area contributed by atoms with Gasteiger partial charge in [-0.05, 0) is 41.3 Å². The number of nitro groups is 1. The van der Waals surface area contributed by atoms with E-state index in [0.717, 1.165) is 4.90 Å². The Bertz CT molecular complexity index is 1420. The van der Waals surface area contributed by atoms with Crippen molar-refractivity contribution in [3.63, 3.8) is 0 Å². The number of benzene rings is 2. The van der Waals surface area contributed by atoms with Crippen molar-refractivity contribution in [1.29, 1.82) is 0 Å². The lowest BCUT2D eigenvalue weighted by Gasteiger charge is -2.05. The highest BCUT2D eigenvalue weighted by molar-refractivity contribution is 7.99. The quantitative estimate of drug-likeness (QED) is 0.265. The molecule has 2 aromatic carbocycles. The van der Waals surface area contributed by atoms with Crippen LogP contribution in [0.3, 0.4) is 0 Å². The van der Waals surface area contributed by atoms with Crippen LogP contribution in [-0.2, 0) is 15.6 Å². The molecule has 164 valence electrons. The lowest BCUT2D eigenvalue weighted by molar-refractivity contribution is -0.391. The normalized spacial score (nSPS) is 11.6. The Kier molecular flexibility index (Phi) is 6.09. The number of aromatic nitrogens is 2. The van der Waals surface area contributed by atoms with Crippen molar-refractivity contribution in [2.75, 3.05) is 7.11 Å². The van der Waals surface area contributed by atoms with Gasteiger partial charge in [-0.3, -0.25) is 0 Å². The van der Waals surface area contributed by atoms with E-state index in [-0.39, 0.29) is 21.3 Å². The van der Waals surface area contributed by atoms with E-state index in [0.29, 0.717) is 10.6 Å². The summed E-state index contributed by atoms with van der Waals surface area (Å²) in [4.78, 5) is 17.0. The summed E-state index contributed by atoms with van der Waals surface area (Å²) in [5.41, 5.74) is 0.0841. The van der Waals surface area contributed by atoms with Crippen molar-refractivity contribution in [3.05, 3.63) is 87.7 Å². The number of ether oxygens (including phenoxy) is 1. The third-order valence-electron chi connectivity index (χ3n) is 4.57. The summed E-state index contributed by atoms with van der Waals surface area (Å²) in [6.45, 7) is 0. The van der Waals surface area contributed by atoms with Crippen LogP contribution in [0.5, 0.6) is 5.75 Å². The van der Waals surface area contributed by atoms with E-state index in [4.69, 9.17) is 16.3 Å². The van der Waals surface area contributed by atoms with E-state index >= 15 is 0 Å². The summed E-state index contributed by atoms with van der Waals surface area (Å²) >= 11 is 7.53. The zero-order valence-electron chi connectivity index (χ0n) is 16.6. The molecule has 0 aliphatic carbocycles. The average Bonchev–Trinajstić information content (AvgIpc) is 3.12. The van der Waals surface area contributed by atoms with Gasteiger partial charge in [-0.2, -0.15) is 4.40 Å². The van der Waals surface area contributed by atoms with Gasteiger partial charge in [0.15, 0.2) is 15.5 Å². The Morgan fingerprint density at radius 1 is 1.16 bits per heavy atom. The standard InChI is InChI=1S/C21H16ClN3O5S2/c1-30-15-6-5-7-16(11-15)31-19-10-14(22)12-24-20(19)23-18(21(24)25(26)27)13-32(28,29)17-8-3-2-4-9-17/h2-12H,13H2,1H3. The smallest absolute Gasteiger partial charge is 0.352 e. The van der Waals surface area contributed by atoms with Crippen LogP contribution in [-0.4, -0.2) is 29.8 Å². The Morgan fingerprint density at radius 3 is 2.59 bits per heavy atom. The van der Waals surface area contributed by atoms with Crippen molar-refractivity contribution >= 4 is 44.7 Å². The van der Waals surface area contributed by atoms with E-state index in [2.05, 4.69) is 4.98 Å². The summed E-state index contributed by atoms with van der Waals surface area (Å²) in [5.74, 6) is -0.401. The molecule has 0 saturated heterocycles. The van der Waals surface area contributed by atoms with Gasteiger partial charge in [-0.25, -0.2) is 13.4 Å². The summed E-state index contributed by atoms with van der Waals surface area (Å²) in [7, 11) is -2.29. The number of halogens is 1. The van der Waals surface area contributed by atoms with E-state index in [1.807, 2.05) is 12.1 Å². The molecule has 0 aliphatic heterocycles. The first-order chi connectivity index (χ1) is 15.3. The number of hydrogen-bond acceptors (Lipinski definition) is 7. The zero-order valence-corrected chi connectivity index (χ0v) is 19.0. The van der Waals surface area contributed by atoms with Gasteiger partial charge in [0.05, 0.1) is 21.9 Å². The van der Waals surface area contributed by atoms with Gasteiger partial charge in [0.2, 0.25) is 5.65 Å². The molecule has 0 radical (unpaired) electrons. The van der Waals surface area contributed by atoms with Crippen LogP contribution in [0.25, 0.3) is 5.65 Å². The number of nitrogens with zero attached hydrogens (tertiary/aromatic N) is 3. The summed E-state index contributed by atoms with van der Waals surface area (Å²) in [6, 6.07) is 16.7. The van der Waals surface area contributed by atoms with Crippen LogP contribution in [0.15, 0.2) is 81.5 Å². The van der Waals surface area contributed by atoms with E-state index in [9.17, 15) is 18.5 Å². The fraction of sp³-hybridized carbons (Fsp3) is 0.0952. The summed E-state index contributed by atoms with van der Waals surface area (Å²) in [5, 5.41) is 12.1. The minimum Gasteiger partial charge on any atom is -0.497 e. The topological polar surface area (TPSA) is 104 Å². The number of hydrogen-bond donors (Lipinski definition) is 0. The number of imidazole rings is 1. The minimum atomic E-state index is -3.84. The summed E-state index contributed by atoms with van der Waals surface area (Å²) < 4.78 is 32.2. The van der Waals surface area contributed by atoms with Crippen LogP contribution >= 0.6 is 23.4 Å². The maximum absolute atomic E-state index is 12.8. The van der Waals surface area contributed by atoms with Gasteiger partial charge in [0.1, 0.15) is 17.7 Å². The molecule has 4 aromatic rings. The molecule has 0 unspecified atom stereocenters. The molecule has 0 fully saturated rings. The van der Waals surface area contributed by atoms with Gasteiger partial charge in [0.25, 0.3) is 0 Å². The molecule has 32 heavy (non-hydrogen) atoms. The minimum absolute atomic E-state index is 0.0652. The monoisotopic (exact) mass is 489 g/mol. The van der Waals surface area contributed by atoms with Crippen LogP contribution in [0, 0.1) is 10.1 Å². The number of pyridine rings is 1. The number of fused-ring (bicyclic) bond motifs is 1. The fourth-order valence-electron chi connectivity index (χ4n) is 3.17. The molecule has 8 nitrogen and oxygen atoms in total. The molecule has 0 amide bonds. The molecule has 0 bridgehead atoms. The molecular formula is C21H16ClN3O5S2. The SMILES string of the molecule is COc1cccc(Sc2cc(Cl)cn3c([N+](=O)[O-])c(CS(=O)(=O)c4ccccc4)nc23)c1. The molecule has 2 heterocycles. The third kappa shape index (κ3) is 4.43. The highest BCUT2D eigenvalue weighted by Gasteiger charge is 2.29. The Labute approximate surface area is 192 Å². The van der Waals surface area contributed by atoms with Gasteiger partial charge >= 0.3 is 5.82 Å². The van der Waals surface area contributed by atoms with Crippen LogP contribution in [0.4, 0.5) is 5.82 Å². The van der Waals surface area contributed by atoms with E-state index < -0.39 is 26.3 Å². The number of sulfone groups is 1. The van der Waals surface area contributed by atoms with Gasteiger partial charge < -0.3 is 14.9 Å². The first-order valence-electron chi connectivity index (χ1n) is 9.23. The third-order valence-corrected chi connectivity index (χ3v) is 7.43. The molecular weight excluding hydrogens is 474 g/mol. The number of methoxy groups -OCH3 is 1. The van der Waals surface area contributed by atoms with E-state index in [1.54, 1.807) is 43.5 Å². The first kappa shape index (κ1) is 22.1. The summed E-state index contributed by atoms with van der Waals surface area (Å²) in [6.07, 6.45) is 1.36. The van der Waals surface area contributed by atoms with Crippen LogP contribution in [0.2, 0.25) is 5.02 Å². The second-order valence-electron chi connectivity index (χ2n) is 6.71. The molecule has 0 aliphatic rings. The van der Waals surface area contributed by atoms with Crippen LogP contribution < -0.4 is 4.74 Å². The Hall–Kier alpha value is -3.08. The first-order valence-corrected chi connectivity index (χ1v) is 12.1. The van der Waals surface area contributed by atoms with Gasteiger partial charge in [0, 0.05) is 4.90 Å². The average molecular weight is 490 g/mol. The van der Waals surface area contributed by atoms with Crippen molar-refractivity contribution < 1.29 is 18.1 Å². The molecule has 11 heteroatoms. The lowest BCUT2D eigenvalue weighted by atomic mass is 10.3. The Morgan fingerprint density at radius 2 is 1.91 bits per heavy atom. The fourth-order valence-corrected chi connectivity index (χ4v) is 5.73. The molecule has 4 rings (SSSR count). The molecule has 0 spiro atoms. The predicted molar refractivity (Wildman–Crippen MR) is 121 cm³/mol. The zero-order chi connectivity index (χ0) is 22.9.